The summed E-state index contributed by atoms with van der Waals surface area (Å²) < 4.78 is 17.4. The van der Waals surface area contributed by atoms with Crippen LogP contribution < -0.4 is 10.6 Å². The first-order valence-corrected chi connectivity index (χ1v) is 23.5. The van der Waals surface area contributed by atoms with Crippen LogP contribution in [0.4, 0.5) is 4.79 Å². The Hall–Kier alpha value is -4.28. The highest BCUT2D eigenvalue weighted by molar-refractivity contribution is 5.90. The predicted octanol–water partition coefficient (Wildman–Crippen LogP) is 5.46. The van der Waals surface area contributed by atoms with Gasteiger partial charge >= 0.3 is 12.1 Å². The quantitative estimate of drug-likeness (QED) is 0.100. The second kappa shape index (κ2) is 26.8. The number of nitrogens with zero attached hydrogens (tertiary/aromatic N) is 4. The molecule has 9 atom stereocenters. The number of hydrogen-bond donors (Lipinski definition) is 3. The molecule has 1 aliphatic rings. The lowest BCUT2D eigenvalue weighted by molar-refractivity contribution is -0.148. The molecule has 5 amide bonds. The molecule has 0 spiro atoms. The number of likely N-dealkylation sites (tertiary alicyclic amines) is 1. The zero-order valence-electron chi connectivity index (χ0n) is 42.2. The molecule has 0 aromatic heterocycles. The molecule has 1 aromatic rings. The maximum absolute atomic E-state index is 14.6. The molecule has 1 heterocycles. The number of benzene rings is 1. The summed E-state index contributed by atoms with van der Waals surface area (Å²) in [4.78, 5) is 88.1. The third kappa shape index (κ3) is 17.1. The molecule has 3 N–H and O–H groups in total. The molecule has 16 nitrogen and oxygen atoms in total. The molecule has 1 aromatic carbocycles. The molecule has 1 aliphatic heterocycles. The smallest absolute Gasteiger partial charge is 0.410 e. The Morgan fingerprint density at radius 3 is 2.00 bits per heavy atom. The third-order valence-corrected chi connectivity index (χ3v) is 12.7. The van der Waals surface area contributed by atoms with Gasteiger partial charge in [-0.3, -0.25) is 24.1 Å². The third-order valence-electron chi connectivity index (χ3n) is 12.7. The van der Waals surface area contributed by atoms with Crippen molar-refractivity contribution in [3.05, 3.63) is 35.9 Å². The lowest BCUT2D eigenvalue weighted by Crippen LogP contribution is -2.60. The Labute approximate surface area is 389 Å². The van der Waals surface area contributed by atoms with Gasteiger partial charge in [-0.15, -0.1) is 0 Å². The molecule has 370 valence electrons. The number of methoxy groups -OCH3 is 2. The zero-order chi connectivity index (χ0) is 49.3. The summed E-state index contributed by atoms with van der Waals surface area (Å²) >= 11 is 0. The van der Waals surface area contributed by atoms with Crippen LogP contribution in [0.2, 0.25) is 0 Å². The van der Waals surface area contributed by atoms with Crippen molar-refractivity contribution in [3.63, 3.8) is 0 Å². The molecular weight excluding hydrogens is 833 g/mol. The molecule has 1 fully saturated rings. The highest BCUT2D eigenvalue weighted by Crippen LogP contribution is 2.30. The minimum Gasteiger partial charge on any atom is -0.480 e. The van der Waals surface area contributed by atoms with Crippen LogP contribution in [0.15, 0.2) is 30.3 Å². The molecule has 65 heavy (non-hydrogen) atoms. The second-order valence-corrected chi connectivity index (χ2v) is 19.7. The summed E-state index contributed by atoms with van der Waals surface area (Å²) in [5.74, 6) is -3.55. The SMILES string of the molecule is CC[C@H](C)[C@@H]([C@@H](CC(=O)N1CCC[C@H]1[C@H](OC)[C@@H](C)C(=O)N[C@@H](Cc1ccccc1)C(=O)O)OC)N(C)C(=O)[C@@H](NC(=O)[C@H](C(C)C)N(C)CCCCN(C)C(=O)OC(C)(C)C)C(C)C. The van der Waals surface area contributed by atoms with E-state index < -0.39 is 65.8 Å². The largest absolute Gasteiger partial charge is 0.480 e. The fourth-order valence-electron chi connectivity index (χ4n) is 8.92. The van der Waals surface area contributed by atoms with Gasteiger partial charge in [-0.25, -0.2) is 9.59 Å². The number of likely N-dealkylation sites (N-methyl/N-ethyl adjacent to an activating group) is 2. The summed E-state index contributed by atoms with van der Waals surface area (Å²) in [6.45, 7) is 20.5. The van der Waals surface area contributed by atoms with Crippen LogP contribution in [0.1, 0.15) is 113 Å². The number of amides is 5. The van der Waals surface area contributed by atoms with E-state index >= 15 is 0 Å². The lowest BCUT2D eigenvalue weighted by Gasteiger charge is -2.41. The molecule has 0 saturated carbocycles. The van der Waals surface area contributed by atoms with Crippen LogP contribution in [0.5, 0.6) is 0 Å². The van der Waals surface area contributed by atoms with E-state index in [0.29, 0.717) is 38.9 Å². The van der Waals surface area contributed by atoms with Crippen molar-refractivity contribution in [2.45, 2.75) is 162 Å². The van der Waals surface area contributed by atoms with Crippen molar-refractivity contribution >= 4 is 35.7 Å². The summed E-state index contributed by atoms with van der Waals surface area (Å²) in [7, 11) is 8.34. The zero-order valence-corrected chi connectivity index (χ0v) is 42.2. The van der Waals surface area contributed by atoms with Crippen molar-refractivity contribution in [1.29, 1.82) is 0 Å². The van der Waals surface area contributed by atoms with Crippen molar-refractivity contribution in [3.8, 4) is 0 Å². The molecule has 16 heteroatoms. The van der Waals surface area contributed by atoms with Crippen LogP contribution in [-0.2, 0) is 44.6 Å². The molecule has 1 saturated heterocycles. The number of carbonyl (C=O) groups is 6. The topological polar surface area (TPSA) is 187 Å². The number of nitrogens with one attached hydrogen (secondary N) is 2. The fraction of sp³-hybridized carbons (Fsp3) is 0.755. The van der Waals surface area contributed by atoms with Crippen molar-refractivity contribution in [1.82, 2.24) is 30.2 Å². The highest BCUT2D eigenvalue weighted by Gasteiger charge is 2.43. The van der Waals surface area contributed by atoms with E-state index in [0.717, 1.165) is 18.4 Å². The number of carboxylic acid groups (broad SMARTS) is 1. The average Bonchev–Trinajstić information content (AvgIpc) is 3.72. The molecule has 0 bridgehead atoms. The first-order chi connectivity index (χ1) is 30.4. The van der Waals surface area contributed by atoms with E-state index in [1.165, 1.54) is 14.2 Å². The Morgan fingerprint density at radius 1 is 0.862 bits per heavy atom. The molecule has 2 rings (SSSR count). The molecule has 0 aliphatic carbocycles. The Balaban J connectivity index is 2.21. The van der Waals surface area contributed by atoms with Crippen LogP contribution in [0.3, 0.4) is 0 Å². The van der Waals surface area contributed by atoms with E-state index in [4.69, 9.17) is 14.2 Å². The van der Waals surface area contributed by atoms with Gasteiger partial charge in [0.1, 0.15) is 17.7 Å². The maximum Gasteiger partial charge on any atom is 0.410 e. The summed E-state index contributed by atoms with van der Waals surface area (Å²) in [6, 6.07) is 5.60. The minimum absolute atomic E-state index is 0.0404. The van der Waals surface area contributed by atoms with E-state index in [9.17, 15) is 33.9 Å². The first-order valence-electron chi connectivity index (χ1n) is 23.5. The number of hydrogen-bond acceptors (Lipinski definition) is 10. The fourth-order valence-corrected chi connectivity index (χ4v) is 8.92. The molecular formula is C49H84N6O10. The predicted molar refractivity (Wildman–Crippen MR) is 252 cm³/mol. The summed E-state index contributed by atoms with van der Waals surface area (Å²) in [6.07, 6.45) is 1.72. The van der Waals surface area contributed by atoms with Gasteiger partial charge in [-0.1, -0.05) is 85.2 Å². The highest BCUT2D eigenvalue weighted by atomic mass is 16.6. The van der Waals surface area contributed by atoms with E-state index in [1.807, 2.05) is 105 Å². The Morgan fingerprint density at radius 2 is 1.48 bits per heavy atom. The summed E-state index contributed by atoms with van der Waals surface area (Å²) in [5, 5.41) is 15.7. The van der Waals surface area contributed by atoms with Crippen molar-refractivity contribution < 1.29 is 48.1 Å². The van der Waals surface area contributed by atoms with Gasteiger partial charge in [-0.2, -0.15) is 0 Å². The second-order valence-electron chi connectivity index (χ2n) is 19.7. The minimum atomic E-state index is -1.15. The standard InChI is InChI=1S/C49H84N6O10/c1-16-33(6)42(54(13)46(59)40(31(2)3)51-45(58)41(32(4)5)52(11)26-20-21-27-53(12)48(62)65-49(8,9)10)38(63-14)30-39(56)55-28-22-25-37(55)43(64-15)34(7)44(57)50-36(47(60)61)29-35-23-18-17-19-24-35/h17-19,23-24,31-34,36-38,40-43H,16,20-22,25-30H2,1-15H3,(H,50,57)(H,51,58)(H,60,61)/t33-,34+,36-,37-,38+,40-,41-,42-,43+/m0/s1. The number of ether oxygens (including phenoxy) is 3. The number of carboxylic acids is 1. The lowest BCUT2D eigenvalue weighted by atomic mass is 9.89. The van der Waals surface area contributed by atoms with E-state index in [2.05, 4.69) is 10.6 Å². The van der Waals surface area contributed by atoms with Gasteiger partial charge in [0.05, 0.1) is 42.7 Å². The van der Waals surface area contributed by atoms with Crippen molar-refractivity contribution in [2.24, 2.45) is 23.7 Å². The average molecular weight is 917 g/mol. The number of carbonyl (C=O) groups excluding carboxylic acids is 5. The van der Waals surface area contributed by atoms with Crippen LogP contribution >= 0.6 is 0 Å². The van der Waals surface area contributed by atoms with Gasteiger partial charge in [0.25, 0.3) is 0 Å². The van der Waals surface area contributed by atoms with Gasteiger partial charge in [0, 0.05) is 47.8 Å². The van der Waals surface area contributed by atoms with Gasteiger partial charge in [0.2, 0.25) is 23.6 Å². The maximum atomic E-state index is 14.6. The van der Waals surface area contributed by atoms with Crippen molar-refractivity contribution in [2.75, 3.05) is 55.0 Å². The Kier molecular flexibility index (Phi) is 23.4. The van der Waals surface area contributed by atoms with E-state index in [-0.39, 0.29) is 54.4 Å². The first kappa shape index (κ1) is 56.8. The Bertz CT molecular complexity index is 1670. The molecule has 0 radical (unpaired) electrons. The van der Waals surface area contributed by atoms with E-state index in [1.54, 1.807) is 35.7 Å². The van der Waals surface area contributed by atoms with Crippen LogP contribution in [0, 0.1) is 23.7 Å². The van der Waals surface area contributed by atoms with Gasteiger partial charge in [0.15, 0.2) is 0 Å². The van der Waals surface area contributed by atoms with Crippen LogP contribution in [0.25, 0.3) is 0 Å². The van der Waals surface area contributed by atoms with Gasteiger partial charge < -0.3 is 44.7 Å². The number of rotatable bonds is 26. The molecule has 0 unspecified atom stereocenters. The number of unbranched alkanes of at least 4 members (excludes halogenated alkanes) is 1. The summed E-state index contributed by atoms with van der Waals surface area (Å²) in [5.41, 5.74) is 0.197. The number of aliphatic carboxylic acids is 1. The monoisotopic (exact) mass is 917 g/mol. The van der Waals surface area contributed by atoms with Gasteiger partial charge in [-0.05, 0) is 83.4 Å². The van der Waals surface area contributed by atoms with Crippen LogP contribution in [-0.4, -0.2) is 163 Å². The normalized spacial score (nSPS) is 18.0.